The monoisotopic (exact) mass is 260 g/mol. The highest BCUT2D eigenvalue weighted by atomic mass is 19.1. The molecular formula is C13H13FN4O. The first-order chi connectivity index (χ1) is 9.16. The molecule has 0 unspecified atom stereocenters. The number of carbonyl (C=O) groups excluding carboxylic acids is 1. The minimum atomic E-state index is -0.560. The largest absolute Gasteiger partial charge is 0.364 e. The first-order valence-electron chi connectivity index (χ1n) is 6.04. The Morgan fingerprint density at radius 2 is 2.32 bits per heavy atom. The van der Waals surface area contributed by atoms with Gasteiger partial charge >= 0.3 is 0 Å². The number of fused-ring (bicyclic) bond motifs is 1. The van der Waals surface area contributed by atoms with E-state index in [2.05, 4.69) is 10.4 Å². The summed E-state index contributed by atoms with van der Waals surface area (Å²) in [5, 5.41) is 7.42. The predicted octanol–water partition coefficient (Wildman–Crippen LogP) is 0.756. The van der Waals surface area contributed by atoms with Crippen molar-refractivity contribution >= 4 is 5.91 Å². The van der Waals surface area contributed by atoms with Crippen molar-refractivity contribution in [3.63, 3.8) is 0 Å². The molecule has 0 spiro atoms. The minimum absolute atomic E-state index is 0.256. The van der Waals surface area contributed by atoms with Crippen LogP contribution in [0, 0.1) is 5.82 Å². The molecule has 6 heteroatoms. The van der Waals surface area contributed by atoms with Gasteiger partial charge in [-0.2, -0.15) is 5.10 Å². The molecule has 0 fully saturated rings. The summed E-state index contributed by atoms with van der Waals surface area (Å²) in [6, 6.07) is 6.13. The lowest BCUT2D eigenvalue weighted by Gasteiger charge is -2.15. The van der Waals surface area contributed by atoms with Crippen molar-refractivity contribution in [1.29, 1.82) is 0 Å². The molecule has 0 saturated carbocycles. The fourth-order valence-electron chi connectivity index (χ4n) is 2.37. The molecule has 3 rings (SSSR count). The SMILES string of the molecule is NC(=O)c1nn(-c2cccc(F)c2)c2c1CNCC2. The van der Waals surface area contributed by atoms with E-state index in [1.54, 1.807) is 16.8 Å². The van der Waals surface area contributed by atoms with Crippen LogP contribution >= 0.6 is 0 Å². The third kappa shape index (κ3) is 2.00. The van der Waals surface area contributed by atoms with E-state index in [9.17, 15) is 9.18 Å². The number of carbonyl (C=O) groups is 1. The summed E-state index contributed by atoms with van der Waals surface area (Å²) >= 11 is 0. The number of nitrogens with two attached hydrogens (primary N) is 1. The zero-order valence-corrected chi connectivity index (χ0v) is 10.2. The van der Waals surface area contributed by atoms with E-state index in [1.807, 2.05) is 0 Å². The van der Waals surface area contributed by atoms with Gasteiger partial charge in [0.15, 0.2) is 5.69 Å². The number of nitrogens with zero attached hydrogens (tertiary/aromatic N) is 2. The average Bonchev–Trinajstić information content (AvgIpc) is 2.78. The van der Waals surface area contributed by atoms with Crippen molar-refractivity contribution in [3.05, 3.63) is 47.0 Å². The van der Waals surface area contributed by atoms with Crippen LogP contribution in [0.5, 0.6) is 0 Å². The molecule has 1 aromatic carbocycles. The zero-order valence-electron chi connectivity index (χ0n) is 10.2. The molecule has 98 valence electrons. The Bertz CT molecular complexity index is 650. The Hall–Kier alpha value is -2.21. The van der Waals surface area contributed by atoms with Gasteiger partial charge in [-0.15, -0.1) is 0 Å². The van der Waals surface area contributed by atoms with Gasteiger partial charge in [-0.3, -0.25) is 4.79 Å². The lowest BCUT2D eigenvalue weighted by atomic mass is 10.1. The molecule has 1 amide bonds. The second-order valence-corrected chi connectivity index (χ2v) is 4.46. The Labute approximate surface area is 109 Å². The van der Waals surface area contributed by atoms with Crippen LogP contribution in [0.3, 0.4) is 0 Å². The van der Waals surface area contributed by atoms with E-state index in [4.69, 9.17) is 5.73 Å². The van der Waals surface area contributed by atoms with Crippen molar-refractivity contribution in [3.8, 4) is 5.69 Å². The summed E-state index contributed by atoms with van der Waals surface area (Å²) in [5.74, 6) is -0.897. The molecule has 3 N–H and O–H groups in total. The maximum absolute atomic E-state index is 13.3. The molecule has 19 heavy (non-hydrogen) atoms. The lowest BCUT2D eigenvalue weighted by molar-refractivity contribution is 0.0994. The second-order valence-electron chi connectivity index (χ2n) is 4.46. The fourth-order valence-corrected chi connectivity index (χ4v) is 2.37. The maximum atomic E-state index is 13.3. The molecule has 1 aliphatic rings. The fraction of sp³-hybridized carbons (Fsp3) is 0.231. The van der Waals surface area contributed by atoms with Gasteiger partial charge in [-0.05, 0) is 18.2 Å². The molecule has 2 heterocycles. The molecule has 1 aliphatic heterocycles. The molecule has 0 radical (unpaired) electrons. The zero-order chi connectivity index (χ0) is 13.4. The molecule has 0 bridgehead atoms. The predicted molar refractivity (Wildman–Crippen MR) is 67.5 cm³/mol. The van der Waals surface area contributed by atoms with Crippen molar-refractivity contribution in [2.45, 2.75) is 13.0 Å². The molecule has 5 nitrogen and oxygen atoms in total. The van der Waals surface area contributed by atoms with Crippen LogP contribution in [-0.2, 0) is 13.0 Å². The Morgan fingerprint density at radius 1 is 1.47 bits per heavy atom. The van der Waals surface area contributed by atoms with Gasteiger partial charge < -0.3 is 11.1 Å². The lowest BCUT2D eigenvalue weighted by Crippen LogP contribution is -2.26. The van der Waals surface area contributed by atoms with Gasteiger partial charge in [0.2, 0.25) is 0 Å². The molecule has 1 aromatic heterocycles. The van der Waals surface area contributed by atoms with Gasteiger partial charge in [-0.25, -0.2) is 9.07 Å². The van der Waals surface area contributed by atoms with Crippen molar-refractivity contribution in [1.82, 2.24) is 15.1 Å². The highest BCUT2D eigenvalue weighted by Crippen LogP contribution is 2.22. The number of nitrogens with one attached hydrogen (secondary N) is 1. The summed E-state index contributed by atoms with van der Waals surface area (Å²) in [5.41, 5.74) is 7.92. The van der Waals surface area contributed by atoms with Crippen molar-refractivity contribution in [2.24, 2.45) is 5.73 Å². The second kappa shape index (κ2) is 4.47. The number of rotatable bonds is 2. The summed E-state index contributed by atoms with van der Waals surface area (Å²) in [7, 11) is 0. The van der Waals surface area contributed by atoms with Crippen LogP contribution in [0.1, 0.15) is 21.7 Å². The summed E-state index contributed by atoms with van der Waals surface area (Å²) in [4.78, 5) is 11.4. The van der Waals surface area contributed by atoms with Crippen molar-refractivity contribution < 1.29 is 9.18 Å². The van der Waals surface area contributed by atoms with Gasteiger partial charge in [0, 0.05) is 25.1 Å². The number of amides is 1. The maximum Gasteiger partial charge on any atom is 0.269 e. The molecule has 0 aliphatic carbocycles. The van der Waals surface area contributed by atoms with Crippen LogP contribution in [-0.4, -0.2) is 22.2 Å². The molecular weight excluding hydrogens is 247 g/mol. The van der Waals surface area contributed by atoms with Crippen LogP contribution < -0.4 is 11.1 Å². The summed E-state index contributed by atoms with van der Waals surface area (Å²) < 4.78 is 14.9. The highest BCUT2D eigenvalue weighted by Gasteiger charge is 2.24. The average molecular weight is 260 g/mol. The first-order valence-corrected chi connectivity index (χ1v) is 6.04. The number of halogens is 1. The standard InChI is InChI=1S/C13H13FN4O/c14-8-2-1-3-9(6-8)18-11-4-5-16-7-10(11)12(17-18)13(15)19/h1-3,6,16H,4-5,7H2,(H2,15,19). The number of primary amides is 1. The third-order valence-electron chi connectivity index (χ3n) is 3.22. The Balaban J connectivity index is 2.19. The van der Waals surface area contributed by atoms with E-state index in [0.29, 0.717) is 12.2 Å². The van der Waals surface area contributed by atoms with E-state index in [-0.39, 0.29) is 11.5 Å². The van der Waals surface area contributed by atoms with E-state index in [1.165, 1.54) is 12.1 Å². The van der Waals surface area contributed by atoms with Crippen LogP contribution in [0.25, 0.3) is 5.69 Å². The minimum Gasteiger partial charge on any atom is -0.364 e. The highest BCUT2D eigenvalue weighted by molar-refractivity contribution is 5.92. The number of hydrogen-bond donors (Lipinski definition) is 2. The van der Waals surface area contributed by atoms with E-state index in [0.717, 1.165) is 24.2 Å². The summed E-state index contributed by atoms with van der Waals surface area (Å²) in [6.07, 6.45) is 0.728. The third-order valence-corrected chi connectivity index (χ3v) is 3.22. The van der Waals surface area contributed by atoms with Gasteiger partial charge in [0.05, 0.1) is 11.4 Å². The smallest absolute Gasteiger partial charge is 0.269 e. The van der Waals surface area contributed by atoms with E-state index < -0.39 is 5.91 Å². The number of benzene rings is 1. The Kier molecular flexibility index (Phi) is 2.79. The molecule has 0 atom stereocenters. The number of hydrogen-bond acceptors (Lipinski definition) is 3. The van der Waals surface area contributed by atoms with Crippen LogP contribution in [0.2, 0.25) is 0 Å². The quantitative estimate of drug-likeness (QED) is 0.837. The normalized spacial score (nSPS) is 14.2. The van der Waals surface area contributed by atoms with Crippen LogP contribution in [0.4, 0.5) is 4.39 Å². The number of aromatic nitrogens is 2. The summed E-state index contributed by atoms with van der Waals surface area (Å²) in [6.45, 7) is 1.36. The van der Waals surface area contributed by atoms with Crippen LogP contribution in [0.15, 0.2) is 24.3 Å². The Morgan fingerprint density at radius 3 is 3.05 bits per heavy atom. The van der Waals surface area contributed by atoms with E-state index >= 15 is 0 Å². The molecule has 2 aromatic rings. The van der Waals surface area contributed by atoms with Gasteiger partial charge in [0.25, 0.3) is 5.91 Å². The van der Waals surface area contributed by atoms with Crippen molar-refractivity contribution in [2.75, 3.05) is 6.54 Å². The first kappa shape index (κ1) is 11.9. The van der Waals surface area contributed by atoms with Gasteiger partial charge in [0.1, 0.15) is 5.82 Å². The topological polar surface area (TPSA) is 72.9 Å². The van der Waals surface area contributed by atoms with Gasteiger partial charge in [-0.1, -0.05) is 6.07 Å². The molecule has 0 saturated heterocycles.